The Morgan fingerprint density at radius 3 is 2.33 bits per heavy atom. The van der Waals surface area contributed by atoms with E-state index < -0.39 is 5.82 Å². The molecule has 27 heavy (non-hydrogen) atoms. The van der Waals surface area contributed by atoms with Gasteiger partial charge in [-0.3, -0.25) is 9.78 Å². The number of hydrogen-bond donors (Lipinski definition) is 1. The van der Waals surface area contributed by atoms with Crippen molar-refractivity contribution in [3.63, 3.8) is 0 Å². The molecule has 2 heterocycles. The van der Waals surface area contributed by atoms with E-state index in [-0.39, 0.29) is 11.4 Å². The van der Waals surface area contributed by atoms with E-state index in [1.54, 1.807) is 12.1 Å². The zero-order valence-electron chi connectivity index (χ0n) is 15.0. The Morgan fingerprint density at radius 1 is 0.963 bits per heavy atom. The molecule has 4 rings (SSSR count). The van der Waals surface area contributed by atoms with Gasteiger partial charge in [-0.25, -0.2) is 9.37 Å². The zero-order valence-corrected chi connectivity index (χ0v) is 15.0. The van der Waals surface area contributed by atoms with Crippen LogP contribution in [0.5, 0.6) is 0 Å². The maximum Gasteiger partial charge on any atom is 0.255 e. The van der Waals surface area contributed by atoms with Crippen molar-refractivity contribution < 1.29 is 9.18 Å². The van der Waals surface area contributed by atoms with Crippen LogP contribution in [-0.4, -0.2) is 54.0 Å². The zero-order chi connectivity index (χ0) is 18.8. The molecule has 0 unspecified atom stereocenters. The Bertz CT molecular complexity index is 968. The Morgan fingerprint density at radius 2 is 1.63 bits per heavy atom. The Kier molecular flexibility index (Phi) is 4.68. The molecule has 1 aliphatic rings. The highest BCUT2D eigenvalue weighted by molar-refractivity contribution is 6.08. The second-order valence-electron chi connectivity index (χ2n) is 6.64. The lowest BCUT2D eigenvalue weighted by atomic mass is 10.1. The van der Waals surface area contributed by atoms with Gasteiger partial charge in [0.05, 0.1) is 5.69 Å². The first-order valence-electron chi connectivity index (χ1n) is 8.86. The van der Waals surface area contributed by atoms with Gasteiger partial charge in [0.1, 0.15) is 11.0 Å². The van der Waals surface area contributed by atoms with Crippen molar-refractivity contribution in [1.29, 1.82) is 0 Å². The predicted molar refractivity (Wildman–Crippen MR) is 104 cm³/mol. The van der Waals surface area contributed by atoms with Crippen molar-refractivity contribution >= 4 is 28.3 Å². The van der Waals surface area contributed by atoms with Crippen LogP contribution in [0.25, 0.3) is 11.0 Å². The van der Waals surface area contributed by atoms with Gasteiger partial charge in [0.15, 0.2) is 5.82 Å². The Hall–Kier alpha value is -3.06. The summed E-state index contributed by atoms with van der Waals surface area (Å²) in [6.45, 7) is 4.01. The highest BCUT2D eigenvalue weighted by atomic mass is 19.1. The highest BCUT2D eigenvalue weighted by Crippen LogP contribution is 2.23. The molecule has 1 saturated heterocycles. The highest BCUT2D eigenvalue weighted by Gasteiger charge is 2.16. The molecule has 7 heteroatoms. The molecule has 0 bridgehead atoms. The summed E-state index contributed by atoms with van der Waals surface area (Å²) in [6.07, 6.45) is 2.90. The van der Waals surface area contributed by atoms with Gasteiger partial charge in [0.25, 0.3) is 5.91 Å². The number of fused-ring (bicyclic) bond motifs is 1. The van der Waals surface area contributed by atoms with Crippen LogP contribution in [-0.2, 0) is 0 Å². The van der Waals surface area contributed by atoms with Gasteiger partial charge in [0.2, 0.25) is 0 Å². The number of halogens is 1. The molecular formula is C20H20FN5O. The molecule has 0 saturated carbocycles. The van der Waals surface area contributed by atoms with E-state index in [0.717, 1.165) is 31.9 Å². The molecular weight excluding hydrogens is 345 g/mol. The van der Waals surface area contributed by atoms with Crippen LogP contribution in [0.3, 0.4) is 0 Å². The summed E-state index contributed by atoms with van der Waals surface area (Å²) >= 11 is 0. The topological polar surface area (TPSA) is 61.4 Å². The van der Waals surface area contributed by atoms with Crippen molar-refractivity contribution in [2.75, 3.05) is 43.4 Å². The van der Waals surface area contributed by atoms with E-state index in [4.69, 9.17) is 0 Å². The summed E-state index contributed by atoms with van der Waals surface area (Å²) in [4.78, 5) is 25.3. The summed E-state index contributed by atoms with van der Waals surface area (Å²) < 4.78 is 13.8. The maximum absolute atomic E-state index is 13.8. The monoisotopic (exact) mass is 365 g/mol. The number of benzene rings is 2. The summed E-state index contributed by atoms with van der Waals surface area (Å²) in [5.74, 6) is -0.730. The predicted octanol–water partition coefficient (Wildman–Crippen LogP) is 2.77. The van der Waals surface area contributed by atoms with Crippen molar-refractivity contribution in [1.82, 2.24) is 14.9 Å². The van der Waals surface area contributed by atoms with E-state index >= 15 is 0 Å². The summed E-state index contributed by atoms with van der Waals surface area (Å²) in [5, 5.41) is 2.80. The number of hydrogen-bond acceptors (Lipinski definition) is 5. The molecule has 1 N–H and O–H groups in total. The van der Waals surface area contributed by atoms with Crippen molar-refractivity contribution in [2.45, 2.75) is 0 Å². The lowest BCUT2D eigenvalue weighted by molar-refractivity contribution is 0.102. The first-order valence-corrected chi connectivity index (χ1v) is 8.86. The Balaban J connectivity index is 1.51. The van der Waals surface area contributed by atoms with Crippen LogP contribution >= 0.6 is 0 Å². The molecule has 3 aromatic rings. The van der Waals surface area contributed by atoms with Crippen LogP contribution in [0.4, 0.5) is 15.8 Å². The fourth-order valence-corrected chi connectivity index (χ4v) is 3.21. The molecule has 0 spiro atoms. The molecule has 1 aliphatic heterocycles. The van der Waals surface area contributed by atoms with E-state index in [9.17, 15) is 9.18 Å². The quantitative estimate of drug-likeness (QED) is 0.773. The third-order valence-electron chi connectivity index (χ3n) is 4.82. The van der Waals surface area contributed by atoms with E-state index in [2.05, 4.69) is 32.1 Å². The minimum absolute atomic E-state index is 0.140. The molecule has 0 radical (unpaired) electrons. The van der Waals surface area contributed by atoms with E-state index in [1.165, 1.54) is 24.5 Å². The molecule has 138 valence electrons. The summed E-state index contributed by atoms with van der Waals surface area (Å²) in [6, 6.07) is 10.3. The minimum Gasteiger partial charge on any atom is -0.369 e. The van der Waals surface area contributed by atoms with Crippen LogP contribution in [0, 0.1) is 5.82 Å². The number of nitrogens with zero attached hydrogens (tertiary/aromatic N) is 4. The number of amides is 1. The maximum atomic E-state index is 13.8. The molecule has 1 aromatic heterocycles. The van der Waals surface area contributed by atoms with Gasteiger partial charge in [-0.15, -0.1) is 0 Å². The molecule has 1 fully saturated rings. The standard InChI is InChI=1S/C20H20FN5O/c1-25-10-12-26(13-11-25)15-4-2-14(3-5-15)20(27)24-17-7-6-16(21)18-19(17)23-9-8-22-18/h2-9H,10-13H2,1H3,(H,24,27). The number of carbonyl (C=O) groups is 1. The normalized spacial score (nSPS) is 15.1. The molecule has 0 aliphatic carbocycles. The van der Waals surface area contributed by atoms with Gasteiger partial charge in [-0.05, 0) is 43.4 Å². The van der Waals surface area contributed by atoms with Gasteiger partial charge in [0, 0.05) is 49.8 Å². The number of nitrogens with one attached hydrogen (secondary N) is 1. The van der Waals surface area contributed by atoms with Gasteiger partial charge in [-0.1, -0.05) is 0 Å². The van der Waals surface area contributed by atoms with E-state index in [1.807, 2.05) is 12.1 Å². The molecule has 2 aromatic carbocycles. The third-order valence-corrected chi connectivity index (χ3v) is 4.82. The van der Waals surface area contributed by atoms with Gasteiger partial charge in [-0.2, -0.15) is 0 Å². The van der Waals surface area contributed by atoms with E-state index in [0.29, 0.717) is 16.8 Å². The van der Waals surface area contributed by atoms with Gasteiger partial charge >= 0.3 is 0 Å². The number of piperazine rings is 1. The molecule has 0 atom stereocenters. The van der Waals surface area contributed by atoms with Crippen LogP contribution < -0.4 is 10.2 Å². The van der Waals surface area contributed by atoms with Gasteiger partial charge < -0.3 is 15.1 Å². The largest absolute Gasteiger partial charge is 0.369 e. The minimum atomic E-state index is -0.465. The van der Waals surface area contributed by atoms with Crippen LogP contribution in [0.1, 0.15) is 10.4 Å². The third kappa shape index (κ3) is 3.59. The lowest BCUT2D eigenvalue weighted by Gasteiger charge is -2.34. The average molecular weight is 365 g/mol. The summed E-state index contributed by atoms with van der Waals surface area (Å²) in [5.41, 5.74) is 2.56. The fourth-order valence-electron chi connectivity index (χ4n) is 3.21. The Labute approximate surface area is 156 Å². The molecule has 1 amide bonds. The second-order valence-corrected chi connectivity index (χ2v) is 6.64. The number of rotatable bonds is 3. The number of anilines is 2. The first kappa shape index (κ1) is 17.4. The molecule has 6 nitrogen and oxygen atoms in total. The van der Waals surface area contributed by atoms with Crippen molar-refractivity contribution in [3.05, 3.63) is 60.2 Å². The van der Waals surface area contributed by atoms with Crippen LogP contribution in [0.2, 0.25) is 0 Å². The fraction of sp³-hybridized carbons (Fsp3) is 0.250. The van der Waals surface area contributed by atoms with Crippen molar-refractivity contribution in [3.8, 4) is 0 Å². The number of likely N-dealkylation sites (N-methyl/N-ethyl adjacent to an activating group) is 1. The smallest absolute Gasteiger partial charge is 0.255 e. The lowest BCUT2D eigenvalue weighted by Crippen LogP contribution is -2.44. The number of aromatic nitrogens is 2. The van der Waals surface area contributed by atoms with Crippen LogP contribution in [0.15, 0.2) is 48.8 Å². The average Bonchev–Trinajstić information content (AvgIpc) is 2.71. The SMILES string of the molecule is CN1CCN(c2ccc(C(=O)Nc3ccc(F)c4nccnc34)cc2)CC1. The second kappa shape index (κ2) is 7.28. The first-order chi connectivity index (χ1) is 13.1. The number of carbonyl (C=O) groups excluding carboxylic acids is 1. The summed E-state index contributed by atoms with van der Waals surface area (Å²) in [7, 11) is 2.12. The van der Waals surface area contributed by atoms with Crippen molar-refractivity contribution in [2.24, 2.45) is 0 Å².